The van der Waals surface area contributed by atoms with Crippen LogP contribution in [0.2, 0.25) is 0 Å². The molecule has 0 unspecified atom stereocenters. The van der Waals surface area contributed by atoms with Gasteiger partial charge in [0.2, 0.25) is 11.6 Å². The number of halogens is 2. The molecule has 0 bridgehead atoms. The fourth-order valence-corrected chi connectivity index (χ4v) is 10.5. The van der Waals surface area contributed by atoms with E-state index in [0.717, 1.165) is 80.6 Å². The highest BCUT2D eigenvalue weighted by molar-refractivity contribution is 5.53. The first-order chi connectivity index (χ1) is 24.4. The van der Waals surface area contributed by atoms with Crippen LogP contribution >= 0.6 is 0 Å². The van der Waals surface area contributed by atoms with Gasteiger partial charge in [-0.1, -0.05) is 18.2 Å². The van der Waals surface area contributed by atoms with Crippen molar-refractivity contribution < 1.29 is 32.5 Å². The average molecular weight is 691 g/mol. The molecular formula is C43H56F2O5. The van der Waals surface area contributed by atoms with E-state index in [4.69, 9.17) is 18.9 Å². The molecule has 5 nitrogen and oxygen atoms in total. The van der Waals surface area contributed by atoms with Crippen molar-refractivity contribution >= 4 is 6.29 Å². The normalized spacial score (nSPS) is 33.9. The molecule has 8 rings (SSSR count). The van der Waals surface area contributed by atoms with Crippen molar-refractivity contribution in [2.45, 2.75) is 128 Å². The quantitative estimate of drug-likeness (QED) is 0.204. The van der Waals surface area contributed by atoms with E-state index >= 15 is 0 Å². The molecule has 0 spiro atoms. The molecule has 4 saturated carbocycles. The first-order valence-electron chi connectivity index (χ1n) is 19.7. The van der Waals surface area contributed by atoms with Crippen molar-refractivity contribution in [1.29, 1.82) is 0 Å². The molecule has 4 fully saturated rings. The second-order valence-electron chi connectivity index (χ2n) is 15.9. The van der Waals surface area contributed by atoms with Gasteiger partial charge in [0.15, 0.2) is 23.0 Å². The minimum Gasteiger partial charge on any atom is -0.491 e. The number of rotatable bonds is 8. The first kappa shape index (κ1) is 35.3. The fourth-order valence-electron chi connectivity index (χ4n) is 10.5. The van der Waals surface area contributed by atoms with Gasteiger partial charge in [0.25, 0.3) is 0 Å². The molecule has 4 aliphatic carbocycles. The van der Waals surface area contributed by atoms with E-state index in [-0.39, 0.29) is 29.8 Å². The number of fused-ring (bicyclic) bond motifs is 6. The molecule has 0 N–H and O–H groups in total. The van der Waals surface area contributed by atoms with Gasteiger partial charge in [0.1, 0.15) is 18.5 Å². The summed E-state index contributed by atoms with van der Waals surface area (Å²) >= 11 is 0. The summed E-state index contributed by atoms with van der Waals surface area (Å²) in [4.78, 5) is 11.0. The molecule has 6 atom stereocenters. The van der Waals surface area contributed by atoms with Crippen LogP contribution in [0.25, 0.3) is 0 Å². The Hall–Kier alpha value is -3.09. The van der Waals surface area contributed by atoms with Crippen LogP contribution in [0.4, 0.5) is 8.78 Å². The number of ether oxygens (including phenoxy) is 4. The molecule has 0 radical (unpaired) electrons. The van der Waals surface area contributed by atoms with Crippen molar-refractivity contribution in [1.82, 2.24) is 0 Å². The van der Waals surface area contributed by atoms with Crippen LogP contribution < -0.4 is 18.9 Å². The topological polar surface area (TPSA) is 54.0 Å². The third kappa shape index (κ3) is 7.04. The number of allylic oxidation sites excluding steroid dienone is 1. The van der Waals surface area contributed by atoms with E-state index in [1.165, 1.54) is 38.5 Å². The zero-order chi connectivity index (χ0) is 34.8. The minimum atomic E-state index is -0.336. The van der Waals surface area contributed by atoms with Gasteiger partial charge in [-0.15, -0.1) is 6.58 Å². The molecule has 2 aliphatic heterocycles. The van der Waals surface area contributed by atoms with Crippen molar-refractivity contribution in [3.8, 4) is 23.0 Å². The fraction of sp³-hybridized carbons (Fsp3) is 0.651. The minimum absolute atomic E-state index is 0.101. The second kappa shape index (κ2) is 15.7. The number of hydrogen-bond donors (Lipinski definition) is 0. The monoisotopic (exact) mass is 690 g/mol. The van der Waals surface area contributed by atoms with Gasteiger partial charge in [-0.25, -0.2) is 0 Å². The van der Waals surface area contributed by atoms with Gasteiger partial charge in [-0.05, 0) is 145 Å². The summed E-state index contributed by atoms with van der Waals surface area (Å²) in [5, 5.41) is 0. The Morgan fingerprint density at radius 1 is 0.640 bits per heavy atom. The third-order valence-electron chi connectivity index (χ3n) is 13.3. The molecular weight excluding hydrogens is 634 g/mol. The Kier molecular flexibility index (Phi) is 11.1. The van der Waals surface area contributed by atoms with Gasteiger partial charge in [-0.2, -0.15) is 8.78 Å². The Bertz CT molecular complexity index is 1380. The van der Waals surface area contributed by atoms with Gasteiger partial charge < -0.3 is 23.7 Å². The molecule has 0 amide bonds. The molecule has 2 aromatic rings. The van der Waals surface area contributed by atoms with Crippen molar-refractivity contribution in [2.24, 2.45) is 35.5 Å². The van der Waals surface area contributed by atoms with Gasteiger partial charge >= 0.3 is 0 Å². The maximum Gasteiger partial charge on any atom is 0.207 e. The largest absolute Gasteiger partial charge is 0.491 e. The van der Waals surface area contributed by atoms with Gasteiger partial charge in [0, 0.05) is 28.9 Å². The summed E-state index contributed by atoms with van der Waals surface area (Å²) in [7, 11) is 0. The highest BCUT2D eigenvalue weighted by Crippen LogP contribution is 2.53. The van der Waals surface area contributed by atoms with Crippen molar-refractivity contribution in [3.63, 3.8) is 0 Å². The van der Waals surface area contributed by atoms with E-state index in [1.807, 2.05) is 26.0 Å². The molecule has 2 aromatic carbocycles. The summed E-state index contributed by atoms with van der Waals surface area (Å²) in [6.07, 6.45) is 19.8. The first-order valence-corrected chi connectivity index (χ1v) is 19.7. The average Bonchev–Trinajstić information content (AvgIpc) is 3.73. The van der Waals surface area contributed by atoms with Crippen LogP contribution in [0.15, 0.2) is 36.9 Å². The zero-order valence-corrected chi connectivity index (χ0v) is 30.1. The van der Waals surface area contributed by atoms with Crippen molar-refractivity contribution in [2.75, 3.05) is 13.2 Å². The van der Waals surface area contributed by atoms with Crippen LogP contribution in [-0.4, -0.2) is 31.7 Å². The zero-order valence-electron chi connectivity index (χ0n) is 30.1. The maximum absolute atomic E-state index is 14.7. The summed E-state index contributed by atoms with van der Waals surface area (Å²) in [6, 6.07) is 7.52. The highest BCUT2D eigenvalue weighted by Gasteiger charge is 2.45. The Labute approximate surface area is 297 Å². The SMILES string of the molecule is C=CC1CCC([C@@H]2CC[C@H]3c4ccc(OCC)c(F)c4O[C@@H]3C2)CC1.CCOc1ccc2c(c1F)O[C@@H]1C[C@H](C3CCC(C=O)CC3)CC[C@@H]21. The maximum atomic E-state index is 14.7. The highest BCUT2D eigenvalue weighted by atomic mass is 19.1. The second-order valence-corrected chi connectivity index (χ2v) is 15.9. The van der Waals surface area contributed by atoms with Crippen LogP contribution in [0.1, 0.15) is 127 Å². The predicted octanol–water partition coefficient (Wildman–Crippen LogP) is 10.7. The number of carbonyl (C=O) groups is 1. The standard InChI is InChI=1S/C22H29FO2.C21H27FO3/c1-3-14-5-7-15(8-6-14)16-9-10-17-18-11-12-19(24-4-2)21(23)22(18)25-20(17)13-16;1-2-24-18-10-9-17-16-8-7-15(11-19(16)25-21(17)20(18)22)14-5-3-13(12-23)4-6-14/h3,11-12,14-17,20H,1,4-10,13H2,2H3;9-10,12-16,19H,2-8,11H2,1H3/t14?,15?,16-,17+,20-;13?,14?,15-,16+,19-/m11/s1. The molecule has 0 saturated heterocycles. The summed E-state index contributed by atoms with van der Waals surface area (Å²) in [5.41, 5.74) is 2.08. The molecule has 50 heavy (non-hydrogen) atoms. The van der Waals surface area contributed by atoms with Crippen LogP contribution in [0, 0.1) is 47.1 Å². The smallest absolute Gasteiger partial charge is 0.207 e. The van der Waals surface area contributed by atoms with Crippen molar-refractivity contribution in [3.05, 3.63) is 59.7 Å². The Morgan fingerprint density at radius 3 is 1.46 bits per heavy atom. The van der Waals surface area contributed by atoms with E-state index in [9.17, 15) is 13.6 Å². The lowest BCUT2D eigenvalue weighted by Gasteiger charge is -2.38. The van der Waals surface area contributed by atoms with E-state index < -0.39 is 0 Å². The lowest BCUT2D eigenvalue weighted by Crippen LogP contribution is -2.33. The molecule has 272 valence electrons. The number of benzene rings is 2. The van der Waals surface area contributed by atoms with E-state index in [1.54, 1.807) is 12.1 Å². The Balaban J connectivity index is 0.000000157. The number of carbonyl (C=O) groups excluding carboxylic acids is 1. The summed E-state index contributed by atoms with van der Waals surface area (Å²) in [6.45, 7) is 8.61. The number of hydrogen-bond acceptors (Lipinski definition) is 5. The molecule has 2 heterocycles. The third-order valence-corrected chi connectivity index (χ3v) is 13.3. The van der Waals surface area contributed by atoms with Gasteiger partial charge in [-0.3, -0.25) is 0 Å². The summed E-state index contributed by atoms with van der Waals surface area (Å²) in [5.74, 6) is 5.41. The van der Waals surface area contributed by atoms with E-state index in [0.29, 0.717) is 65.8 Å². The van der Waals surface area contributed by atoms with Crippen LogP contribution in [0.5, 0.6) is 23.0 Å². The number of aldehydes is 1. The predicted molar refractivity (Wildman–Crippen MR) is 191 cm³/mol. The molecule has 0 aromatic heterocycles. The van der Waals surface area contributed by atoms with Crippen LogP contribution in [-0.2, 0) is 4.79 Å². The lowest BCUT2D eigenvalue weighted by molar-refractivity contribution is -0.112. The van der Waals surface area contributed by atoms with Crippen LogP contribution in [0.3, 0.4) is 0 Å². The molecule has 6 aliphatic rings. The molecule has 7 heteroatoms. The van der Waals surface area contributed by atoms with E-state index in [2.05, 4.69) is 12.7 Å². The van der Waals surface area contributed by atoms with Gasteiger partial charge in [0.05, 0.1) is 13.2 Å². The summed E-state index contributed by atoms with van der Waals surface area (Å²) < 4.78 is 52.3. The Morgan fingerprint density at radius 2 is 1.06 bits per heavy atom. The lowest BCUT2D eigenvalue weighted by atomic mass is 9.68.